The van der Waals surface area contributed by atoms with Crippen LogP contribution in [0.1, 0.15) is 17.2 Å². The van der Waals surface area contributed by atoms with Crippen molar-refractivity contribution in [3.05, 3.63) is 77.1 Å². The summed E-state index contributed by atoms with van der Waals surface area (Å²) in [5.41, 5.74) is 0.805. The summed E-state index contributed by atoms with van der Waals surface area (Å²) in [6.45, 7) is -0.350. The molecule has 0 bridgehead atoms. The Balaban J connectivity index is 2.17. The van der Waals surface area contributed by atoms with E-state index in [0.717, 1.165) is 12.1 Å². The van der Waals surface area contributed by atoms with Crippen molar-refractivity contribution in [1.29, 1.82) is 0 Å². The van der Waals surface area contributed by atoms with Crippen LogP contribution in [0.5, 0.6) is 0 Å². The van der Waals surface area contributed by atoms with E-state index >= 15 is 0 Å². The smallest absolute Gasteiger partial charge is 0.295 e. The Bertz CT molecular complexity index is 830. The van der Waals surface area contributed by atoms with Gasteiger partial charge in [-0.05, 0) is 29.8 Å². The highest BCUT2D eigenvalue weighted by Gasteiger charge is 2.45. The molecule has 2 N–H and O–H groups in total. The zero-order valence-corrected chi connectivity index (χ0v) is 13.2. The maximum atomic E-state index is 13.1. The third-order valence-electron chi connectivity index (χ3n) is 4.11. The summed E-state index contributed by atoms with van der Waals surface area (Å²) < 4.78 is 13.1. The molecule has 0 radical (unpaired) electrons. The molecule has 25 heavy (non-hydrogen) atoms. The molecule has 5 nitrogen and oxygen atoms in total. The second kappa shape index (κ2) is 6.86. The van der Waals surface area contributed by atoms with Crippen molar-refractivity contribution in [1.82, 2.24) is 4.90 Å². The average molecular weight is 341 g/mol. The molecule has 0 spiro atoms. The van der Waals surface area contributed by atoms with Crippen molar-refractivity contribution < 1.29 is 24.2 Å². The van der Waals surface area contributed by atoms with Crippen molar-refractivity contribution >= 4 is 17.4 Å². The first kappa shape index (κ1) is 16.9. The van der Waals surface area contributed by atoms with Crippen molar-refractivity contribution in [2.45, 2.75) is 6.04 Å². The molecule has 2 aromatic carbocycles. The first-order valence-corrected chi connectivity index (χ1v) is 7.74. The predicted octanol–water partition coefficient (Wildman–Crippen LogP) is 2.24. The Morgan fingerprint density at radius 3 is 2.28 bits per heavy atom. The summed E-state index contributed by atoms with van der Waals surface area (Å²) in [4.78, 5) is 26.1. The summed E-state index contributed by atoms with van der Waals surface area (Å²) in [6, 6.07) is 13.0. The van der Waals surface area contributed by atoms with E-state index in [1.165, 1.54) is 17.0 Å². The minimum absolute atomic E-state index is 0.0374. The summed E-state index contributed by atoms with van der Waals surface area (Å²) in [7, 11) is 0. The van der Waals surface area contributed by atoms with Crippen molar-refractivity contribution in [2.24, 2.45) is 0 Å². The molecule has 1 fully saturated rings. The van der Waals surface area contributed by atoms with Gasteiger partial charge in [-0.25, -0.2) is 4.39 Å². The van der Waals surface area contributed by atoms with Crippen LogP contribution in [0.3, 0.4) is 0 Å². The van der Waals surface area contributed by atoms with E-state index in [2.05, 4.69) is 0 Å². The molecule has 1 aliphatic rings. The summed E-state index contributed by atoms with van der Waals surface area (Å²) in [6.07, 6.45) is 0. The van der Waals surface area contributed by atoms with Gasteiger partial charge in [-0.15, -0.1) is 0 Å². The van der Waals surface area contributed by atoms with E-state index in [1.54, 1.807) is 30.3 Å². The van der Waals surface area contributed by atoms with Crippen LogP contribution in [0.2, 0.25) is 0 Å². The van der Waals surface area contributed by atoms with Gasteiger partial charge in [-0.1, -0.05) is 30.3 Å². The highest BCUT2D eigenvalue weighted by Crippen LogP contribution is 2.38. The SMILES string of the molecule is O=C1C(=O)N(CCO)[C@H](c2ccccc2)C1=C(O)c1ccc(F)cc1. The van der Waals surface area contributed by atoms with Crippen LogP contribution in [-0.2, 0) is 9.59 Å². The van der Waals surface area contributed by atoms with Gasteiger partial charge in [0.25, 0.3) is 11.7 Å². The lowest BCUT2D eigenvalue weighted by Gasteiger charge is -2.24. The molecule has 128 valence electrons. The average Bonchev–Trinajstić information content (AvgIpc) is 2.88. The number of ketones is 1. The Kier molecular flexibility index (Phi) is 4.63. The number of rotatable bonds is 4. The van der Waals surface area contributed by atoms with Gasteiger partial charge in [-0.3, -0.25) is 9.59 Å². The molecule has 2 aromatic rings. The minimum Gasteiger partial charge on any atom is -0.507 e. The van der Waals surface area contributed by atoms with Crippen LogP contribution in [0, 0.1) is 5.82 Å². The molecular formula is C19H16FNO4. The maximum absolute atomic E-state index is 13.1. The zero-order valence-electron chi connectivity index (χ0n) is 13.2. The molecule has 1 saturated heterocycles. The van der Waals surface area contributed by atoms with Crippen LogP contribution in [0.15, 0.2) is 60.2 Å². The van der Waals surface area contributed by atoms with Crippen LogP contribution in [0.4, 0.5) is 4.39 Å². The number of β-amino-alcohol motifs (C(OH)–C–C–N with tert-alkyl or cyclic N) is 1. The van der Waals surface area contributed by atoms with Gasteiger partial charge in [0.15, 0.2) is 0 Å². The molecule has 1 aliphatic heterocycles. The number of carbonyl (C=O) groups is 2. The summed E-state index contributed by atoms with van der Waals surface area (Å²) in [5, 5.41) is 19.9. The molecule has 0 aliphatic carbocycles. The van der Waals surface area contributed by atoms with E-state index < -0.39 is 23.5 Å². The third-order valence-corrected chi connectivity index (χ3v) is 4.11. The van der Waals surface area contributed by atoms with Gasteiger partial charge in [0.2, 0.25) is 0 Å². The first-order valence-electron chi connectivity index (χ1n) is 7.74. The number of aliphatic hydroxyl groups excluding tert-OH is 2. The van der Waals surface area contributed by atoms with Gasteiger partial charge >= 0.3 is 0 Å². The lowest BCUT2D eigenvalue weighted by atomic mass is 9.95. The molecule has 1 amide bonds. The standard InChI is InChI=1S/C19H16FNO4/c20-14-8-6-13(7-9-14)17(23)15-16(12-4-2-1-3-5-12)21(10-11-22)19(25)18(15)24/h1-9,16,22-23H,10-11H2/t16-/m1/s1. The van der Waals surface area contributed by atoms with Gasteiger partial charge in [0.1, 0.15) is 11.6 Å². The Morgan fingerprint density at radius 1 is 1.04 bits per heavy atom. The van der Waals surface area contributed by atoms with E-state index in [-0.39, 0.29) is 30.0 Å². The van der Waals surface area contributed by atoms with Crippen molar-refractivity contribution in [3.8, 4) is 0 Å². The number of benzene rings is 2. The van der Waals surface area contributed by atoms with E-state index in [4.69, 9.17) is 0 Å². The molecular weight excluding hydrogens is 325 g/mol. The number of hydrogen-bond donors (Lipinski definition) is 2. The number of aliphatic hydroxyl groups is 2. The van der Waals surface area contributed by atoms with Gasteiger partial charge in [-0.2, -0.15) is 0 Å². The monoisotopic (exact) mass is 341 g/mol. The van der Waals surface area contributed by atoms with Crippen molar-refractivity contribution in [2.75, 3.05) is 13.2 Å². The fraction of sp³-hybridized carbons (Fsp3) is 0.158. The molecule has 0 unspecified atom stereocenters. The first-order chi connectivity index (χ1) is 12.0. The van der Waals surface area contributed by atoms with Crippen LogP contribution < -0.4 is 0 Å². The van der Waals surface area contributed by atoms with Gasteiger partial charge in [0, 0.05) is 12.1 Å². The largest absolute Gasteiger partial charge is 0.507 e. The van der Waals surface area contributed by atoms with Crippen molar-refractivity contribution in [3.63, 3.8) is 0 Å². The molecule has 0 saturated carbocycles. The number of likely N-dealkylation sites (tertiary alicyclic amines) is 1. The number of hydrogen-bond acceptors (Lipinski definition) is 4. The summed E-state index contributed by atoms with van der Waals surface area (Å²) >= 11 is 0. The highest BCUT2D eigenvalue weighted by molar-refractivity contribution is 6.46. The Morgan fingerprint density at radius 2 is 1.68 bits per heavy atom. The number of Topliss-reactive ketones (excluding diaryl/α,β-unsaturated/α-hetero) is 1. The van der Waals surface area contributed by atoms with Crippen LogP contribution in [-0.4, -0.2) is 40.0 Å². The molecule has 3 rings (SSSR count). The lowest BCUT2D eigenvalue weighted by molar-refractivity contribution is -0.140. The van der Waals surface area contributed by atoms with E-state index in [1.807, 2.05) is 0 Å². The van der Waals surface area contributed by atoms with Gasteiger partial charge < -0.3 is 15.1 Å². The minimum atomic E-state index is -0.830. The second-order valence-corrected chi connectivity index (χ2v) is 5.63. The Labute approximate surface area is 143 Å². The van der Waals surface area contributed by atoms with Crippen LogP contribution in [0.25, 0.3) is 5.76 Å². The summed E-state index contributed by atoms with van der Waals surface area (Å²) in [5.74, 6) is -2.46. The number of amides is 1. The van der Waals surface area contributed by atoms with E-state index in [9.17, 15) is 24.2 Å². The fourth-order valence-electron chi connectivity index (χ4n) is 2.96. The molecule has 1 atom stereocenters. The molecule has 6 heteroatoms. The second-order valence-electron chi connectivity index (χ2n) is 5.63. The number of nitrogens with zero attached hydrogens (tertiary/aromatic N) is 1. The molecule has 1 heterocycles. The fourth-order valence-corrected chi connectivity index (χ4v) is 2.96. The Hall–Kier alpha value is -2.99. The topological polar surface area (TPSA) is 77.8 Å². The molecule has 0 aromatic heterocycles. The highest BCUT2D eigenvalue weighted by atomic mass is 19.1. The predicted molar refractivity (Wildman–Crippen MR) is 88.9 cm³/mol. The quantitative estimate of drug-likeness (QED) is 0.508. The number of halogens is 1. The third kappa shape index (κ3) is 3.04. The van der Waals surface area contributed by atoms with E-state index in [0.29, 0.717) is 5.56 Å². The van der Waals surface area contributed by atoms with Crippen LogP contribution >= 0.6 is 0 Å². The normalized spacial score (nSPS) is 19.4. The maximum Gasteiger partial charge on any atom is 0.295 e. The number of carbonyl (C=O) groups excluding carboxylic acids is 2. The zero-order chi connectivity index (χ0) is 18.0. The lowest BCUT2D eigenvalue weighted by Crippen LogP contribution is -2.32. The van der Waals surface area contributed by atoms with Gasteiger partial charge in [0.05, 0.1) is 18.2 Å².